The molecule has 0 spiro atoms. The van der Waals surface area contributed by atoms with E-state index >= 15 is 0 Å². The van der Waals surface area contributed by atoms with Gasteiger partial charge in [-0.15, -0.1) is 0 Å². The number of hydrogen-bond donors (Lipinski definition) is 0. The highest BCUT2D eigenvalue weighted by atomic mass is 16.5. The molecule has 0 amide bonds. The van der Waals surface area contributed by atoms with Crippen LogP contribution in [0.5, 0.6) is 0 Å². The lowest BCUT2D eigenvalue weighted by molar-refractivity contribution is -0.146. The molecule has 0 N–H and O–H groups in total. The van der Waals surface area contributed by atoms with Gasteiger partial charge in [-0.05, 0) is 30.7 Å². The van der Waals surface area contributed by atoms with Crippen LogP contribution in [0.3, 0.4) is 0 Å². The second-order valence-electron chi connectivity index (χ2n) is 5.46. The number of nitriles is 1. The van der Waals surface area contributed by atoms with Crippen LogP contribution in [0.25, 0.3) is 0 Å². The van der Waals surface area contributed by atoms with Crippen molar-refractivity contribution in [3.63, 3.8) is 0 Å². The van der Waals surface area contributed by atoms with Crippen LogP contribution in [0.4, 0.5) is 0 Å². The van der Waals surface area contributed by atoms with E-state index in [0.29, 0.717) is 13.0 Å². The Morgan fingerprint density at radius 2 is 2.00 bits per heavy atom. The van der Waals surface area contributed by atoms with E-state index in [1.807, 2.05) is 18.2 Å². The normalized spacial score (nSPS) is 12.5. The monoisotopic (exact) mass is 259 g/mol. The van der Waals surface area contributed by atoms with Crippen LogP contribution >= 0.6 is 0 Å². The molecule has 0 aliphatic heterocycles. The maximum atomic E-state index is 11.7. The molecular weight excluding hydrogens is 238 g/mol. The number of benzene rings is 1. The van der Waals surface area contributed by atoms with Gasteiger partial charge in [-0.1, -0.05) is 44.2 Å². The Hall–Kier alpha value is -1.82. The molecule has 19 heavy (non-hydrogen) atoms. The van der Waals surface area contributed by atoms with Crippen molar-refractivity contribution in [3.8, 4) is 6.07 Å². The smallest absolute Gasteiger partial charge is 0.323 e. The van der Waals surface area contributed by atoms with Gasteiger partial charge in [0.1, 0.15) is 5.92 Å². The van der Waals surface area contributed by atoms with Crippen LogP contribution in [-0.4, -0.2) is 12.6 Å². The number of esters is 1. The van der Waals surface area contributed by atoms with Gasteiger partial charge in [0.2, 0.25) is 0 Å². The molecule has 0 radical (unpaired) electrons. The molecule has 102 valence electrons. The first-order valence-corrected chi connectivity index (χ1v) is 6.58. The van der Waals surface area contributed by atoms with E-state index in [1.165, 1.54) is 5.56 Å². The first-order valence-electron chi connectivity index (χ1n) is 6.58. The molecular formula is C16H21NO2. The summed E-state index contributed by atoms with van der Waals surface area (Å²) < 4.78 is 4.93. The van der Waals surface area contributed by atoms with E-state index in [4.69, 9.17) is 10.00 Å². The predicted octanol–water partition coefficient (Wildman–Crippen LogP) is 3.35. The Morgan fingerprint density at radius 3 is 2.53 bits per heavy atom. The van der Waals surface area contributed by atoms with Gasteiger partial charge in [-0.25, -0.2) is 0 Å². The molecule has 1 aromatic carbocycles. The van der Waals surface area contributed by atoms with Gasteiger partial charge in [0.05, 0.1) is 12.7 Å². The van der Waals surface area contributed by atoms with Crippen molar-refractivity contribution in [1.82, 2.24) is 0 Å². The molecule has 1 unspecified atom stereocenters. The van der Waals surface area contributed by atoms with Gasteiger partial charge in [0, 0.05) is 0 Å². The highest BCUT2D eigenvalue weighted by Gasteiger charge is 2.29. The van der Waals surface area contributed by atoms with E-state index in [-0.39, 0.29) is 5.41 Å². The predicted molar refractivity (Wildman–Crippen MR) is 74.3 cm³/mol. The summed E-state index contributed by atoms with van der Waals surface area (Å²) in [5.41, 5.74) is 1.10. The lowest BCUT2D eigenvalue weighted by atomic mass is 9.78. The summed E-state index contributed by atoms with van der Waals surface area (Å²) in [5.74, 6) is -1.09. The second-order valence-corrected chi connectivity index (χ2v) is 5.46. The van der Waals surface area contributed by atoms with E-state index in [0.717, 1.165) is 6.42 Å². The zero-order valence-electron chi connectivity index (χ0n) is 11.8. The highest BCUT2D eigenvalue weighted by Crippen LogP contribution is 2.30. The van der Waals surface area contributed by atoms with Crippen LogP contribution in [0.1, 0.15) is 32.8 Å². The largest absolute Gasteiger partial charge is 0.465 e. The van der Waals surface area contributed by atoms with Gasteiger partial charge in [0.15, 0.2) is 0 Å². The van der Waals surface area contributed by atoms with Crippen molar-refractivity contribution < 1.29 is 9.53 Å². The molecule has 1 rings (SSSR count). The summed E-state index contributed by atoms with van der Waals surface area (Å²) in [6.07, 6.45) is 1.35. The third-order valence-corrected chi connectivity index (χ3v) is 3.01. The van der Waals surface area contributed by atoms with E-state index in [1.54, 1.807) is 6.92 Å². The minimum Gasteiger partial charge on any atom is -0.465 e. The third-order valence-electron chi connectivity index (χ3n) is 3.01. The molecule has 3 nitrogen and oxygen atoms in total. The van der Waals surface area contributed by atoms with Crippen molar-refractivity contribution in [2.45, 2.75) is 33.6 Å². The fourth-order valence-electron chi connectivity index (χ4n) is 2.20. The summed E-state index contributed by atoms with van der Waals surface area (Å²) in [7, 11) is 0. The number of carbonyl (C=O) groups excluding carboxylic acids is 1. The fourth-order valence-corrected chi connectivity index (χ4v) is 2.20. The maximum Gasteiger partial charge on any atom is 0.323 e. The molecule has 1 aromatic rings. The van der Waals surface area contributed by atoms with Crippen LogP contribution in [-0.2, 0) is 16.0 Å². The average Bonchev–Trinajstić information content (AvgIpc) is 2.37. The van der Waals surface area contributed by atoms with Crippen molar-refractivity contribution in [3.05, 3.63) is 35.9 Å². The molecule has 0 aliphatic rings. The first kappa shape index (κ1) is 15.2. The zero-order chi connectivity index (χ0) is 14.3. The van der Waals surface area contributed by atoms with Crippen molar-refractivity contribution in [1.29, 1.82) is 5.26 Å². The maximum absolute atomic E-state index is 11.7. The Bertz CT molecular complexity index is 446. The molecule has 0 fully saturated rings. The zero-order valence-corrected chi connectivity index (χ0v) is 11.8. The average molecular weight is 259 g/mol. The van der Waals surface area contributed by atoms with Crippen molar-refractivity contribution >= 4 is 5.97 Å². The molecule has 0 bridgehead atoms. The number of hydrogen-bond acceptors (Lipinski definition) is 3. The molecule has 1 atom stereocenters. The van der Waals surface area contributed by atoms with E-state index in [9.17, 15) is 4.79 Å². The minimum absolute atomic E-state index is 0.117. The number of nitrogens with zero attached hydrogens (tertiary/aromatic N) is 1. The quantitative estimate of drug-likeness (QED) is 0.736. The Balaban J connectivity index is 2.67. The molecule has 0 heterocycles. The molecule has 0 aromatic heterocycles. The van der Waals surface area contributed by atoms with Gasteiger partial charge < -0.3 is 4.74 Å². The molecule has 0 saturated heterocycles. The lowest BCUT2D eigenvalue weighted by Gasteiger charge is -2.26. The summed E-state index contributed by atoms with van der Waals surface area (Å²) in [6.45, 7) is 6.21. The summed E-state index contributed by atoms with van der Waals surface area (Å²) in [6, 6.07) is 12.2. The molecule has 0 aliphatic carbocycles. The van der Waals surface area contributed by atoms with Gasteiger partial charge >= 0.3 is 5.97 Å². The number of carbonyl (C=O) groups is 1. The number of rotatable bonds is 6. The SMILES string of the molecule is CCOC(=O)C(C#N)CC(C)(C)Cc1ccccc1. The lowest BCUT2D eigenvalue weighted by Crippen LogP contribution is -2.25. The van der Waals surface area contributed by atoms with Crippen molar-refractivity contribution in [2.75, 3.05) is 6.61 Å². The summed E-state index contributed by atoms with van der Waals surface area (Å²) in [4.78, 5) is 11.7. The Labute approximate surface area is 115 Å². The van der Waals surface area contributed by atoms with Crippen LogP contribution < -0.4 is 0 Å². The van der Waals surface area contributed by atoms with Gasteiger partial charge in [-0.3, -0.25) is 4.79 Å². The van der Waals surface area contributed by atoms with Gasteiger partial charge in [0.25, 0.3) is 0 Å². The van der Waals surface area contributed by atoms with Crippen LogP contribution in [0.2, 0.25) is 0 Å². The fraction of sp³-hybridized carbons (Fsp3) is 0.500. The Morgan fingerprint density at radius 1 is 1.37 bits per heavy atom. The first-order chi connectivity index (χ1) is 8.98. The van der Waals surface area contributed by atoms with E-state index < -0.39 is 11.9 Å². The Kier molecular flexibility index (Phi) is 5.57. The topological polar surface area (TPSA) is 50.1 Å². The summed E-state index contributed by atoms with van der Waals surface area (Å²) in [5, 5.41) is 9.10. The minimum atomic E-state index is -0.682. The van der Waals surface area contributed by atoms with Crippen molar-refractivity contribution in [2.24, 2.45) is 11.3 Å². The molecule has 0 saturated carbocycles. The van der Waals surface area contributed by atoms with E-state index in [2.05, 4.69) is 32.0 Å². The van der Waals surface area contributed by atoms with Gasteiger partial charge in [-0.2, -0.15) is 5.26 Å². The summed E-state index contributed by atoms with van der Waals surface area (Å²) >= 11 is 0. The van der Waals surface area contributed by atoms with Crippen LogP contribution in [0, 0.1) is 22.7 Å². The molecule has 3 heteroatoms. The van der Waals surface area contributed by atoms with Crippen LogP contribution in [0.15, 0.2) is 30.3 Å². The second kappa shape index (κ2) is 6.94. The highest BCUT2D eigenvalue weighted by molar-refractivity contribution is 5.75. The number of ether oxygens (including phenoxy) is 1. The third kappa shape index (κ3) is 5.13. The standard InChI is InChI=1S/C16H21NO2/c1-4-19-15(18)14(12-17)11-16(2,3)10-13-8-6-5-7-9-13/h5-9,14H,4,10-11H2,1-3H3.